The molecule has 1 aliphatic heterocycles. The van der Waals surface area contributed by atoms with Crippen LogP contribution in [-0.2, 0) is 6.42 Å². The van der Waals surface area contributed by atoms with E-state index in [1.165, 1.54) is 16.7 Å². The van der Waals surface area contributed by atoms with Gasteiger partial charge in [0.2, 0.25) is 0 Å². The molecule has 0 N–H and O–H groups in total. The van der Waals surface area contributed by atoms with E-state index >= 15 is 0 Å². The minimum Gasteiger partial charge on any atom is -0.493 e. The van der Waals surface area contributed by atoms with Crippen molar-refractivity contribution in [3.05, 3.63) is 54.1 Å². The van der Waals surface area contributed by atoms with Gasteiger partial charge in [-0.2, -0.15) is 0 Å². The Bertz CT molecular complexity index is 474. The molecule has 1 nitrogen and oxygen atoms in total. The molecule has 0 saturated heterocycles. The van der Waals surface area contributed by atoms with Crippen LogP contribution < -0.4 is 4.74 Å². The standard InChI is InChI=1S/C14H11O/c1-2-4-11(5-3-1)12-6-7-14-13(10-12)8-9-15-14/h2-7,10H,8-9H2. The molecule has 2 aromatic carbocycles. The Morgan fingerprint density at radius 3 is 2.73 bits per heavy atom. The first-order valence-corrected chi connectivity index (χ1v) is 5.16. The van der Waals surface area contributed by atoms with Crippen LogP contribution in [0.5, 0.6) is 5.75 Å². The monoisotopic (exact) mass is 195 g/mol. The van der Waals surface area contributed by atoms with Crippen molar-refractivity contribution in [3.8, 4) is 16.9 Å². The molecule has 0 aromatic heterocycles. The smallest absolute Gasteiger partial charge is 0.122 e. The molecule has 1 radical (unpaired) electrons. The molecule has 0 unspecified atom stereocenters. The fourth-order valence-electron chi connectivity index (χ4n) is 1.95. The van der Waals surface area contributed by atoms with Crippen molar-refractivity contribution in [2.45, 2.75) is 6.42 Å². The van der Waals surface area contributed by atoms with Crippen LogP contribution in [0.4, 0.5) is 0 Å². The van der Waals surface area contributed by atoms with E-state index in [4.69, 9.17) is 4.74 Å². The molecule has 2 aromatic rings. The molecule has 0 amide bonds. The summed E-state index contributed by atoms with van der Waals surface area (Å²) in [6.07, 6.45) is 1.03. The largest absolute Gasteiger partial charge is 0.493 e. The molecule has 0 fully saturated rings. The van der Waals surface area contributed by atoms with Crippen molar-refractivity contribution in [3.63, 3.8) is 0 Å². The van der Waals surface area contributed by atoms with Gasteiger partial charge in [-0.15, -0.1) is 0 Å². The Kier molecular flexibility index (Phi) is 1.95. The van der Waals surface area contributed by atoms with Crippen LogP contribution in [0.2, 0.25) is 0 Å². The lowest BCUT2D eigenvalue weighted by Gasteiger charge is -2.03. The first kappa shape index (κ1) is 8.54. The molecule has 1 heteroatoms. The predicted octanol–water partition coefficient (Wildman–Crippen LogP) is 3.09. The maximum absolute atomic E-state index is 5.48. The summed E-state index contributed by atoms with van der Waals surface area (Å²) in [4.78, 5) is 0. The molecule has 15 heavy (non-hydrogen) atoms. The van der Waals surface area contributed by atoms with Crippen LogP contribution in [-0.4, -0.2) is 6.61 Å². The summed E-state index contributed by atoms with van der Waals surface area (Å²) in [6.45, 7) is 0.821. The summed E-state index contributed by atoms with van der Waals surface area (Å²) in [5.41, 5.74) is 3.82. The zero-order chi connectivity index (χ0) is 10.1. The summed E-state index contributed by atoms with van der Waals surface area (Å²) >= 11 is 0. The Hall–Kier alpha value is -1.76. The SMILES string of the molecule is [c]1ccc(-c2ccc3c(c2)CCO3)cc1. The van der Waals surface area contributed by atoms with Gasteiger partial charge in [0.1, 0.15) is 5.75 Å². The average Bonchev–Trinajstić information content (AvgIpc) is 2.77. The summed E-state index contributed by atoms with van der Waals surface area (Å²) in [7, 11) is 0. The molecule has 1 heterocycles. The van der Waals surface area contributed by atoms with Crippen molar-refractivity contribution < 1.29 is 4.74 Å². The Balaban J connectivity index is 2.07. The van der Waals surface area contributed by atoms with E-state index in [0.717, 1.165) is 18.8 Å². The average molecular weight is 195 g/mol. The molecular formula is C14H11O. The Labute approximate surface area is 89.3 Å². The Morgan fingerprint density at radius 1 is 1.00 bits per heavy atom. The summed E-state index contributed by atoms with van der Waals surface area (Å²) < 4.78 is 5.48. The fraction of sp³-hybridized carbons (Fsp3) is 0.143. The topological polar surface area (TPSA) is 9.23 Å². The third-order valence-corrected chi connectivity index (χ3v) is 2.74. The number of benzene rings is 2. The van der Waals surface area contributed by atoms with E-state index in [0.29, 0.717) is 0 Å². The molecule has 1 aliphatic rings. The van der Waals surface area contributed by atoms with Crippen LogP contribution in [0.3, 0.4) is 0 Å². The normalized spacial score (nSPS) is 13.3. The quantitative estimate of drug-likeness (QED) is 0.679. The number of rotatable bonds is 1. The van der Waals surface area contributed by atoms with Crippen molar-refractivity contribution in [2.24, 2.45) is 0 Å². The van der Waals surface area contributed by atoms with E-state index in [2.05, 4.69) is 36.4 Å². The number of hydrogen-bond donors (Lipinski definition) is 0. The van der Waals surface area contributed by atoms with Crippen molar-refractivity contribution in [2.75, 3.05) is 6.61 Å². The minimum atomic E-state index is 0.821. The molecule has 0 aliphatic carbocycles. The van der Waals surface area contributed by atoms with Crippen LogP contribution in [0.15, 0.2) is 42.5 Å². The molecule has 0 spiro atoms. The summed E-state index contributed by atoms with van der Waals surface area (Å²) in [5.74, 6) is 1.04. The van der Waals surface area contributed by atoms with Crippen molar-refractivity contribution in [1.82, 2.24) is 0 Å². The van der Waals surface area contributed by atoms with Crippen molar-refractivity contribution in [1.29, 1.82) is 0 Å². The van der Waals surface area contributed by atoms with E-state index in [9.17, 15) is 0 Å². The van der Waals surface area contributed by atoms with Crippen LogP contribution in [0.1, 0.15) is 5.56 Å². The van der Waals surface area contributed by atoms with Crippen LogP contribution in [0, 0.1) is 6.07 Å². The molecule has 0 saturated carbocycles. The van der Waals surface area contributed by atoms with Gasteiger partial charge in [-0.1, -0.05) is 30.3 Å². The highest BCUT2D eigenvalue weighted by Gasteiger charge is 2.12. The van der Waals surface area contributed by atoms with E-state index in [-0.39, 0.29) is 0 Å². The fourth-order valence-corrected chi connectivity index (χ4v) is 1.95. The van der Waals surface area contributed by atoms with Crippen LogP contribution in [0.25, 0.3) is 11.1 Å². The lowest BCUT2D eigenvalue weighted by Crippen LogP contribution is -1.85. The first-order valence-electron chi connectivity index (χ1n) is 5.16. The highest BCUT2D eigenvalue weighted by molar-refractivity contribution is 5.65. The van der Waals surface area contributed by atoms with Crippen molar-refractivity contribution >= 4 is 0 Å². The molecule has 3 rings (SSSR count). The van der Waals surface area contributed by atoms with Gasteiger partial charge in [-0.05, 0) is 34.9 Å². The van der Waals surface area contributed by atoms with Gasteiger partial charge < -0.3 is 4.74 Å². The third-order valence-electron chi connectivity index (χ3n) is 2.74. The summed E-state index contributed by atoms with van der Waals surface area (Å²) in [5, 5.41) is 0. The van der Waals surface area contributed by atoms with E-state index in [1.54, 1.807) is 0 Å². The number of ether oxygens (including phenoxy) is 1. The van der Waals surface area contributed by atoms with Gasteiger partial charge >= 0.3 is 0 Å². The van der Waals surface area contributed by atoms with E-state index < -0.39 is 0 Å². The molecule has 0 atom stereocenters. The zero-order valence-electron chi connectivity index (χ0n) is 8.36. The van der Waals surface area contributed by atoms with Gasteiger partial charge in [0, 0.05) is 6.42 Å². The van der Waals surface area contributed by atoms with Gasteiger partial charge in [0.05, 0.1) is 6.61 Å². The van der Waals surface area contributed by atoms with Gasteiger partial charge in [0.25, 0.3) is 0 Å². The maximum Gasteiger partial charge on any atom is 0.122 e. The lowest BCUT2D eigenvalue weighted by molar-refractivity contribution is 0.357. The minimum absolute atomic E-state index is 0.821. The second-order valence-electron chi connectivity index (χ2n) is 3.71. The number of fused-ring (bicyclic) bond motifs is 1. The lowest BCUT2D eigenvalue weighted by atomic mass is 10.0. The third kappa shape index (κ3) is 1.50. The predicted molar refractivity (Wildman–Crippen MR) is 59.9 cm³/mol. The van der Waals surface area contributed by atoms with Gasteiger partial charge in [-0.3, -0.25) is 0 Å². The summed E-state index contributed by atoms with van der Waals surface area (Å²) in [6, 6.07) is 17.5. The first-order chi connectivity index (χ1) is 7.43. The molecule has 73 valence electrons. The highest BCUT2D eigenvalue weighted by Crippen LogP contribution is 2.30. The van der Waals surface area contributed by atoms with Gasteiger partial charge in [0.15, 0.2) is 0 Å². The highest BCUT2D eigenvalue weighted by atomic mass is 16.5. The second-order valence-corrected chi connectivity index (χ2v) is 3.71. The van der Waals surface area contributed by atoms with Gasteiger partial charge in [-0.25, -0.2) is 0 Å². The van der Waals surface area contributed by atoms with Crippen LogP contribution >= 0.6 is 0 Å². The van der Waals surface area contributed by atoms with E-state index in [1.807, 2.05) is 12.1 Å². The molecule has 0 bridgehead atoms. The zero-order valence-corrected chi connectivity index (χ0v) is 8.36. The molecular weight excluding hydrogens is 184 g/mol. The number of hydrogen-bond acceptors (Lipinski definition) is 1. The Morgan fingerprint density at radius 2 is 1.87 bits per heavy atom. The maximum atomic E-state index is 5.48. The second kappa shape index (κ2) is 3.43.